The SMILES string of the molecule is COc1ccc(C(F)n2nc(C(=O)Nc3ccc(OCC(=O)O)c(C)c3)c3cc(F)ccc32)c(F)c1. The summed E-state index contributed by atoms with van der Waals surface area (Å²) in [6, 6.07) is 11.5. The topological polar surface area (TPSA) is 103 Å². The maximum atomic E-state index is 15.5. The molecule has 186 valence electrons. The second-order valence-electron chi connectivity index (χ2n) is 7.79. The fourth-order valence-electron chi connectivity index (χ4n) is 3.63. The number of halogens is 3. The summed E-state index contributed by atoms with van der Waals surface area (Å²) in [5.74, 6) is -2.93. The third-order valence-corrected chi connectivity index (χ3v) is 5.35. The van der Waals surface area contributed by atoms with Gasteiger partial charge in [0.2, 0.25) is 6.30 Å². The highest BCUT2D eigenvalue weighted by Gasteiger charge is 2.25. The summed E-state index contributed by atoms with van der Waals surface area (Å²) in [7, 11) is 1.35. The van der Waals surface area contributed by atoms with Crippen molar-refractivity contribution in [2.24, 2.45) is 0 Å². The molecule has 1 amide bonds. The molecule has 4 rings (SSSR count). The molecule has 0 aliphatic heterocycles. The first-order valence-corrected chi connectivity index (χ1v) is 10.6. The van der Waals surface area contributed by atoms with Crippen molar-refractivity contribution in [3.8, 4) is 11.5 Å². The van der Waals surface area contributed by atoms with Gasteiger partial charge in [-0.25, -0.2) is 22.6 Å². The Labute approximate surface area is 202 Å². The van der Waals surface area contributed by atoms with E-state index in [0.717, 1.165) is 22.9 Å². The second kappa shape index (κ2) is 9.98. The van der Waals surface area contributed by atoms with Gasteiger partial charge < -0.3 is 19.9 Å². The fraction of sp³-hybridized carbons (Fsp3) is 0.160. The number of carbonyl (C=O) groups excluding carboxylic acids is 1. The molecule has 8 nitrogen and oxygen atoms in total. The van der Waals surface area contributed by atoms with Gasteiger partial charge >= 0.3 is 5.97 Å². The lowest BCUT2D eigenvalue weighted by molar-refractivity contribution is -0.139. The summed E-state index contributed by atoms with van der Waals surface area (Å²) in [4.78, 5) is 23.7. The van der Waals surface area contributed by atoms with Gasteiger partial charge in [0.25, 0.3) is 5.91 Å². The number of hydrogen-bond donors (Lipinski definition) is 2. The smallest absolute Gasteiger partial charge is 0.341 e. The molecule has 36 heavy (non-hydrogen) atoms. The Kier molecular flexibility index (Phi) is 6.82. The first-order valence-electron chi connectivity index (χ1n) is 10.6. The molecular formula is C25H20F3N3O5. The predicted molar refractivity (Wildman–Crippen MR) is 124 cm³/mol. The molecule has 4 aromatic rings. The fourth-order valence-corrected chi connectivity index (χ4v) is 3.63. The van der Waals surface area contributed by atoms with Gasteiger partial charge in [0.15, 0.2) is 12.3 Å². The zero-order chi connectivity index (χ0) is 26.0. The Balaban J connectivity index is 1.67. The number of carbonyl (C=O) groups is 2. The van der Waals surface area contributed by atoms with Crippen LogP contribution in [0.15, 0.2) is 54.6 Å². The molecule has 3 aromatic carbocycles. The molecule has 11 heteroatoms. The van der Waals surface area contributed by atoms with Crippen molar-refractivity contribution in [3.63, 3.8) is 0 Å². The number of rotatable bonds is 8. The van der Waals surface area contributed by atoms with E-state index in [-0.39, 0.29) is 27.9 Å². The quantitative estimate of drug-likeness (QED) is 0.359. The van der Waals surface area contributed by atoms with Crippen molar-refractivity contribution in [1.29, 1.82) is 0 Å². The van der Waals surface area contributed by atoms with Crippen molar-refractivity contribution in [1.82, 2.24) is 9.78 Å². The van der Waals surface area contributed by atoms with E-state index in [1.807, 2.05) is 0 Å². The van der Waals surface area contributed by atoms with E-state index in [1.54, 1.807) is 13.0 Å². The predicted octanol–water partition coefficient (Wildman–Crippen LogP) is 4.86. The van der Waals surface area contributed by atoms with Crippen LogP contribution in [0.3, 0.4) is 0 Å². The molecule has 1 atom stereocenters. The number of alkyl halides is 1. The van der Waals surface area contributed by atoms with Crippen LogP contribution < -0.4 is 14.8 Å². The number of amides is 1. The number of aryl methyl sites for hydroxylation is 1. The van der Waals surface area contributed by atoms with Crippen molar-refractivity contribution >= 4 is 28.5 Å². The average molecular weight is 499 g/mol. The van der Waals surface area contributed by atoms with Gasteiger partial charge in [0, 0.05) is 22.7 Å². The third-order valence-electron chi connectivity index (χ3n) is 5.35. The van der Waals surface area contributed by atoms with E-state index in [1.165, 1.54) is 37.4 Å². The highest BCUT2D eigenvalue weighted by molar-refractivity contribution is 6.11. The number of ether oxygens (including phenoxy) is 2. The van der Waals surface area contributed by atoms with Crippen molar-refractivity contribution in [2.75, 3.05) is 19.0 Å². The molecule has 2 N–H and O–H groups in total. The molecule has 1 aromatic heterocycles. The third kappa shape index (κ3) is 4.95. The van der Waals surface area contributed by atoms with E-state index in [4.69, 9.17) is 14.6 Å². The molecule has 0 radical (unpaired) electrons. The standard InChI is InChI=1S/C25H20F3N3O5/c1-13-9-15(4-8-21(13)36-12-22(32)33)29-25(34)23-18-10-14(26)3-7-20(18)31(30-23)24(28)17-6-5-16(35-2)11-19(17)27/h3-11,24H,12H2,1-2H3,(H,29,34)(H,32,33). The van der Waals surface area contributed by atoms with Gasteiger partial charge in [0.05, 0.1) is 12.6 Å². The number of carboxylic acids is 1. The second-order valence-corrected chi connectivity index (χ2v) is 7.79. The van der Waals surface area contributed by atoms with Crippen LogP contribution in [-0.4, -0.2) is 40.5 Å². The number of benzene rings is 3. The molecule has 0 aliphatic rings. The largest absolute Gasteiger partial charge is 0.497 e. The molecule has 0 saturated carbocycles. The molecule has 1 heterocycles. The van der Waals surface area contributed by atoms with Crippen molar-refractivity contribution < 1.29 is 37.3 Å². The summed E-state index contributed by atoms with van der Waals surface area (Å²) in [5.41, 5.74) is 0.332. The van der Waals surface area contributed by atoms with E-state index < -0.39 is 36.4 Å². The highest BCUT2D eigenvalue weighted by atomic mass is 19.1. The lowest BCUT2D eigenvalue weighted by atomic mass is 10.1. The van der Waals surface area contributed by atoms with Crippen LogP contribution in [0.1, 0.15) is 27.9 Å². The van der Waals surface area contributed by atoms with E-state index in [0.29, 0.717) is 17.0 Å². The summed E-state index contributed by atoms with van der Waals surface area (Å²) in [5, 5.41) is 15.4. The zero-order valence-corrected chi connectivity index (χ0v) is 19.1. The number of carboxylic acid groups (broad SMARTS) is 1. The molecule has 0 bridgehead atoms. The van der Waals surface area contributed by atoms with Gasteiger partial charge in [-0.1, -0.05) is 0 Å². The highest BCUT2D eigenvalue weighted by Crippen LogP contribution is 2.31. The molecule has 0 aliphatic carbocycles. The van der Waals surface area contributed by atoms with Crippen LogP contribution >= 0.6 is 0 Å². The number of anilines is 1. The van der Waals surface area contributed by atoms with Gasteiger partial charge in [-0.05, 0) is 61.0 Å². The van der Waals surface area contributed by atoms with E-state index in [2.05, 4.69) is 10.4 Å². The number of aromatic nitrogens is 2. The number of fused-ring (bicyclic) bond motifs is 1. The van der Waals surface area contributed by atoms with Crippen LogP contribution in [0, 0.1) is 18.6 Å². The minimum atomic E-state index is -2.11. The maximum Gasteiger partial charge on any atom is 0.341 e. The Morgan fingerprint density at radius 2 is 1.89 bits per heavy atom. The first-order chi connectivity index (χ1) is 17.2. The molecule has 0 fully saturated rings. The number of hydrogen-bond acceptors (Lipinski definition) is 5. The normalized spacial score (nSPS) is 11.8. The Bertz CT molecular complexity index is 1470. The number of nitrogens with zero attached hydrogens (tertiary/aromatic N) is 2. The summed E-state index contributed by atoms with van der Waals surface area (Å²) < 4.78 is 54.9. The van der Waals surface area contributed by atoms with Crippen LogP contribution in [0.25, 0.3) is 10.9 Å². The minimum absolute atomic E-state index is 0.0298. The van der Waals surface area contributed by atoms with Crippen molar-refractivity contribution in [3.05, 3.63) is 83.1 Å². The average Bonchev–Trinajstić information content (AvgIpc) is 3.21. The molecule has 1 unspecified atom stereocenters. The number of aliphatic carboxylic acids is 1. The van der Waals surface area contributed by atoms with Crippen LogP contribution in [0.4, 0.5) is 18.9 Å². The summed E-state index contributed by atoms with van der Waals surface area (Å²) in [6.07, 6.45) is -2.11. The van der Waals surface area contributed by atoms with Crippen LogP contribution in [0.2, 0.25) is 0 Å². The minimum Gasteiger partial charge on any atom is -0.497 e. The van der Waals surface area contributed by atoms with Crippen molar-refractivity contribution in [2.45, 2.75) is 13.2 Å². The van der Waals surface area contributed by atoms with Crippen LogP contribution in [0.5, 0.6) is 11.5 Å². The molecule has 0 saturated heterocycles. The Morgan fingerprint density at radius 1 is 1.11 bits per heavy atom. The summed E-state index contributed by atoms with van der Waals surface area (Å²) >= 11 is 0. The molecular weight excluding hydrogens is 479 g/mol. The number of nitrogens with one attached hydrogen (secondary N) is 1. The first kappa shape index (κ1) is 24.6. The lowest BCUT2D eigenvalue weighted by Crippen LogP contribution is -2.15. The lowest BCUT2D eigenvalue weighted by Gasteiger charge is -2.12. The van der Waals surface area contributed by atoms with E-state index >= 15 is 4.39 Å². The van der Waals surface area contributed by atoms with Gasteiger partial charge in [-0.3, -0.25) is 4.79 Å². The molecule has 0 spiro atoms. The van der Waals surface area contributed by atoms with Gasteiger partial charge in [-0.15, -0.1) is 0 Å². The van der Waals surface area contributed by atoms with Crippen LogP contribution in [-0.2, 0) is 4.79 Å². The van der Waals surface area contributed by atoms with Gasteiger partial charge in [-0.2, -0.15) is 5.10 Å². The van der Waals surface area contributed by atoms with Gasteiger partial charge in [0.1, 0.15) is 23.1 Å². The monoisotopic (exact) mass is 499 g/mol. The number of methoxy groups -OCH3 is 1. The Morgan fingerprint density at radius 3 is 2.56 bits per heavy atom. The van der Waals surface area contributed by atoms with E-state index in [9.17, 15) is 18.4 Å². The summed E-state index contributed by atoms with van der Waals surface area (Å²) in [6.45, 7) is 1.13. The maximum absolute atomic E-state index is 15.5. The Hall–Kier alpha value is -4.54. The zero-order valence-electron chi connectivity index (χ0n) is 19.1.